The number of aromatic amines is 1. The number of anilines is 1. The smallest absolute Gasteiger partial charge is 0.266 e. The van der Waals surface area contributed by atoms with Crippen LogP contribution in [-0.2, 0) is 0 Å². The SMILES string of the molecule is Cc1csc(N2CCN(C(=O)c3ccc4c(=O)n(-c5ccccc5F)c(=S)[nH]c4c3)CC2)n1. The molecule has 168 valence electrons. The number of rotatable bonds is 3. The number of H-pyrrole nitrogens is 1. The van der Waals surface area contributed by atoms with E-state index >= 15 is 0 Å². The number of benzene rings is 2. The zero-order valence-corrected chi connectivity index (χ0v) is 19.4. The first kappa shape index (κ1) is 21.5. The largest absolute Gasteiger partial charge is 0.345 e. The quantitative estimate of drug-likeness (QED) is 0.449. The highest BCUT2D eigenvalue weighted by Gasteiger charge is 2.24. The second kappa shape index (κ2) is 8.53. The van der Waals surface area contributed by atoms with Crippen LogP contribution in [-0.4, -0.2) is 51.5 Å². The Hall–Kier alpha value is -3.37. The molecule has 3 heterocycles. The lowest BCUT2D eigenvalue weighted by Crippen LogP contribution is -2.48. The number of fused-ring (bicyclic) bond motifs is 1. The fourth-order valence-electron chi connectivity index (χ4n) is 3.97. The first-order chi connectivity index (χ1) is 15.9. The first-order valence-electron chi connectivity index (χ1n) is 10.4. The van der Waals surface area contributed by atoms with Gasteiger partial charge in [-0.25, -0.2) is 13.9 Å². The highest BCUT2D eigenvalue weighted by molar-refractivity contribution is 7.71. The van der Waals surface area contributed by atoms with E-state index < -0.39 is 11.4 Å². The van der Waals surface area contributed by atoms with Crippen molar-refractivity contribution in [2.75, 3.05) is 31.1 Å². The van der Waals surface area contributed by atoms with E-state index in [1.165, 1.54) is 12.1 Å². The molecular weight excluding hydrogens is 461 g/mol. The van der Waals surface area contributed by atoms with Crippen molar-refractivity contribution in [3.05, 3.63) is 80.0 Å². The standard InChI is InChI=1S/C23H20FN5O2S2/c1-14-13-33-23(25-14)28-10-8-27(9-11-28)20(30)15-6-7-16-18(12-15)26-22(32)29(21(16)31)19-5-3-2-4-17(19)24/h2-7,12-13H,8-11H2,1H3,(H,26,32). The average Bonchev–Trinajstić information content (AvgIpc) is 3.26. The highest BCUT2D eigenvalue weighted by Crippen LogP contribution is 2.22. The Morgan fingerprint density at radius 3 is 2.61 bits per heavy atom. The van der Waals surface area contributed by atoms with E-state index in [0.717, 1.165) is 15.4 Å². The normalized spacial score (nSPS) is 14.1. The molecule has 5 rings (SSSR count). The molecule has 0 aliphatic carbocycles. The van der Waals surface area contributed by atoms with Crippen LogP contribution in [0.25, 0.3) is 16.6 Å². The number of aromatic nitrogens is 3. The Morgan fingerprint density at radius 1 is 1.15 bits per heavy atom. The van der Waals surface area contributed by atoms with Gasteiger partial charge in [0.05, 0.1) is 22.3 Å². The Balaban J connectivity index is 1.41. The molecular formula is C23H20FN5O2S2. The maximum absolute atomic E-state index is 14.3. The Morgan fingerprint density at radius 2 is 1.91 bits per heavy atom. The lowest BCUT2D eigenvalue weighted by atomic mass is 10.1. The van der Waals surface area contributed by atoms with Crippen molar-refractivity contribution in [3.63, 3.8) is 0 Å². The van der Waals surface area contributed by atoms with Gasteiger partial charge in [-0.3, -0.25) is 9.59 Å². The highest BCUT2D eigenvalue weighted by atomic mass is 32.1. The van der Waals surface area contributed by atoms with Gasteiger partial charge in [0.2, 0.25) is 0 Å². The Bertz CT molecular complexity index is 1480. The van der Waals surface area contributed by atoms with E-state index in [9.17, 15) is 14.0 Å². The zero-order chi connectivity index (χ0) is 23.1. The summed E-state index contributed by atoms with van der Waals surface area (Å²) in [4.78, 5) is 37.7. The number of nitrogens with zero attached hydrogens (tertiary/aromatic N) is 4. The summed E-state index contributed by atoms with van der Waals surface area (Å²) in [5.74, 6) is -0.651. The number of carbonyl (C=O) groups is 1. The number of thiazole rings is 1. The van der Waals surface area contributed by atoms with Gasteiger partial charge in [-0.1, -0.05) is 12.1 Å². The lowest BCUT2D eigenvalue weighted by Gasteiger charge is -2.34. The number of hydrogen-bond acceptors (Lipinski definition) is 6. The molecule has 1 N–H and O–H groups in total. The molecule has 10 heteroatoms. The molecule has 2 aromatic carbocycles. The number of carbonyl (C=O) groups excluding carboxylic acids is 1. The summed E-state index contributed by atoms with van der Waals surface area (Å²) in [6, 6.07) is 10.8. The van der Waals surface area contributed by atoms with Gasteiger partial charge in [0.15, 0.2) is 9.90 Å². The monoisotopic (exact) mass is 481 g/mol. The van der Waals surface area contributed by atoms with E-state index in [1.807, 2.05) is 12.3 Å². The summed E-state index contributed by atoms with van der Waals surface area (Å²) in [7, 11) is 0. The summed E-state index contributed by atoms with van der Waals surface area (Å²) < 4.78 is 15.5. The Labute approximate surface area is 197 Å². The first-order valence-corrected chi connectivity index (χ1v) is 11.7. The minimum absolute atomic E-state index is 0.0644. The molecule has 1 saturated heterocycles. The van der Waals surface area contributed by atoms with E-state index in [1.54, 1.807) is 46.6 Å². The predicted octanol–water partition coefficient (Wildman–Crippen LogP) is 3.91. The number of piperazine rings is 1. The van der Waals surface area contributed by atoms with Gasteiger partial charge in [0, 0.05) is 37.1 Å². The van der Waals surface area contributed by atoms with Crippen LogP contribution < -0.4 is 10.5 Å². The van der Waals surface area contributed by atoms with Crippen LogP contribution in [0.1, 0.15) is 16.1 Å². The minimum atomic E-state index is -0.544. The van der Waals surface area contributed by atoms with E-state index in [-0.39, 0.29) is 16.4 Å². The third-order valence-corrected chi connectivity index (χ3v) is 6.99. The van der Waals surface area contributed by atoms with E-state index in [0.29, 0.717) is 42.6 Å². The summed E-state index contributed by atoms with van der Waals surface area (Å²) in [6.07, 6.45) is 0. The van der Waals surface area contributed by atoms with Gasteiger partial charge in [0.25, 0.3) is 11.5 Å². The van der Waals surface area contributed by atoms with Crippen LogP contribution in [0.2, 0.25) is 0 Å². The number of hydrogen-bond donors (Lipinski definition) is 1. The summed E-state index contributed by atoms with van der Waals surface area (Å²) >= 11 is 6.95. The molecule has 0 unspecified atom stereocenters. The molecule has 0 bridgehead atoms. The van der Waals surface area contributed by atoms with Gasteiger partial charge in [0.1, 0.15) is 5.82 Å². The number of halogens is 1. The topological polar surface area (TPSA) is 74.2 Å². The molecule has 1 aliphatic heterocycles. The second-order valence-corrected chi connectivity index (χ2v) is 9.06. The van der Waals surface area contributed by atoms with Crippen LogP contribution >= 0.6 is 23.6 Å². The second-order valence-electron chi connectivity index (χ2n) is 7.83. The lowest BCUT2D eigenvalue weighted by molar-refractivity contribution is 0.0747. The van der Waals surface area contributed by atoms with Crippen LogP contribution in [0.15, 0.2) is 52.6 Å². The maximum Gasteiger partial charge on any atom is 0.266 e. The van der Waals surface area contributed by atoms with Gasteiger partial charge < -0.3 is 14.8 Å². The van der Waals surface area contributed by atoms with Crippen LogP contribution in [0.4, 0.5) is 9.52 Å². The molecule has 7 nitrogen and oxygen atoms in total. The van der Waals surface area contributed by atoms with Crippen molar-refractivity contribution in [2.45, 2.75) is 6.92 Å². The van der Waals surface area contributed by atoms with Crippen molar-refractivity contribution in [3.8, 4) is 5.69 Å². The molecule has 0 spiro atoms. The number of nitrogens with one attached hydrogen (secondary N) is 1. The van der Waals surface area contributed by atoms with Crippen LogP contribution in [0, 0.1) is 17.5 Å². The van der Waals surface area contributed by atoms with Crippen LogP contribution in [0.3, 0.4) is 0 Å². The van der Waals surface area contributed by atoms with E-state index in [4.69, 9.17) is 12.2 Å². The van der Waals surface area contributed by atoms with Crippen LogP contribution in [0.5, 0.6) is 0 Å². The predicted molar refractivity (Wildman–Crippen MR) is 130 cm³/mol. The van der Waals surface area contributed by atoms with E-state index in [2.05, 4.69) is 14.9 Å². The number of aryl methyl sites for hydroxylation is 1. The van der Waals surface area contributed by atoms with Gasteiger partial charge >= 0.3 is 0 Å². The fraction of sp³-hybridized carbons (Fsp3) is 0.217. The third kappa shape index (κ3) is 3.96. The fourth-order valence-corrected chi connectivity index (χ4v) is 5.12. The van der Waals surface area contributed by atoms with Gasteiger partial charge in [-0.05, 0) is 49.5 Å². The molecule has 1 amide bonds. The van der Waals surface area contributed by atoms with Crippen molar-refractivity contribution < 1.29 is 9.18 Å². The minimum Gasteiger partial charge on any atom is -0.345 e. The summed E-state index contributed by atoms with van der Waals surface area (Å²) in [5.41, 5.74) is 1.55. The molecule has 2 aromatic heterocycles. The zero-order valence-electron chi connectivity index (χ0n) is 17.7. The molecule has 0 radical (unpaired) electrons. The number of amides is 1. The maximum atomic E-state index is 14.3. The third-order valence-electron chi connectivity index (χ3n) is 5.68. The molecule has 0 saturated carbocycles. The van der Waals surface area contributed by atoms with Crippen molar-refractivity contribution in [1.29, 1.82) is 0 Å². The Kier molecular flexibility index (Phi) is 5.55. The summed E-state index contributed by atoms with van der Waals surface area (Å²) in [5, 5.41) is 3.32. The van der Waals surface area contributed by atoms with Gasteiger partial charge in [-0.15, -0.1) is 11.3 Å². The van der Waals surface area contributed by atoms with Crippen molar-refractivity contribution in [2.24, 2.45) is 0 Å². The van der Waals surface area contributed by atoms with Crippen molar-refractivity contribution in [1.82, 2.24) is 19.4 Å². The summed E-state index contributed by atoms with van der Waals surface area (Å²) in [6.45, 7) is 4.56. The molecule has 4 aromatic rings. The molecule has 1 aliphatic rings. The van der Waals surface area contributed by atoms with Gasteiger partial charge in [-0.2, -0.15) is 0 Å². The van der Waals surface area contributed by atoms with Crippen molar-refractivity contribution >= 4 is 45.5 Å². The number of para-hydroxylation sites is 1. The molecule has 33 heavy (non-hydrogen) atoms. The molecule has 1 fully saturated rings. The molecule has 0 atom stereocenters. The average molecular weight is 482 g/mol.